The van der Waals surface area contributed by atoms with E-state index in [1.807, 2.05) is 12.1 Å². The van der Waals surface area contributed by atoms with Crippen molar-refractivity contribution in [1.82, 2.24) is 9.88 Å². The molecule has 2 aliphatic heterocycles. The molecule has 10 heteroatoms. The number of thiazole rings is 1. The van der Waals surface area contributed by atoms with E-state index in [0.717, 1.165) is 27.0 Å². The van der Waals surface area contributed by atoms with Crippen LogP contribution in [-0.4, -0.2) is 44.6 Å². The Morgan fingerprint density at radius 1 is 1.24 bits per heavy atom. The lowest BCUT2D eigenvalue weighted by Crippen LogP contribution is -2.42. The maximum atomic E-state index is 13.0. The van der Waals surface area contributed by atoms with E-state index in [1.54, 1.807) is 18.0 Å². The zero-order valence-corrected chi connectivity index (χ0v) is 16.6. The van der Waals surface area contributed by atoms with E-state index < -0.39 is 24.3 Å². The molecule has 2 aliphatic carbocycles. The highest BCUT2D eigenvalue weighted by molar-refractivity contribution is 8.00. The van der Waals surface area contributed by atoms with Gasteiger partial charge in [0.15, 0.2) is 0 Å². The summed E-state index contributed by atoms with van der Waals surface area (Å²) in [6.45, 7) is -0.575. The molecular weight excluding hydrogens is 416 g/mol. The molecule has 2 aromatic rings. The van der Waals surface area contributed by atoms with Crippen molar-refractivity contribution >= 4 is 40.9 Å². The van der Waals surface area contributed by atoms with Crippen LogP contribution in [0.5, 0.6) is 0 Å². The first kappa shape index (κ1) is 17.5. The Hall–Kier alpha value is -2.33. The highest BCUT2D eigenvalue weighted by Crippen LogP contribution is 2.68. The predicted octanol–water partition coefficient (Wildman–Crippen LogP) is 1.59. The third-order valence-corrected chi connectivity index (χ3v) is 9.55. The Labute approximate surface area is 172 Å². The quantitative estimate of drug-likeness (QED) is 0.707. The van der Waals surface area contributed by atoms with Crippen molar-refractivity contribution in [3.8, 4) is 0 Å². The molecule has 6 rings (SSSR count). The number of furan rings is 1. The van der Waals surface area contributed by atoms with Gasteiger partial charge < -0.3 is 14.5 Å². The van der Waals surface area contributed by atoms with Gasteiger partial charge in [-0.1, -0.05) is 11.3 Å². The van der Waals surface area contributed by atoms with Gasteiger partial charge in [-0.05, 0) is 36.3 Å². The lowest BCUT2D eigenvalue weighted by molar-refractivity contribution is -0.149. The van der Waals surface area contributed by atoms with E-state index in [4.69, 9.17) is 9.52 Å². The summed E-state index contributed by atoms with van der Waals surface area (Å²) >= 11 is 2.77. The van der Waals surface area contributed by atoms with Crippen LogP contribution < -0.4 is 4.87 Å². The maximum absolute atomic E-state index is 13.0. The second-order valence-corrected chi connectivity index (χ2v) is 10.3. The molecule has 29 heavy (non-hydrogen) atoms. The van der Waals surface area contributed by atoms with Crippen LogP contribution in [0.3, 0.4) is 0 Å². The van der Waals surface area contributed by atoms with Crippen molar-refractivity contribution in [3.63, 3.8) is 0 Å². The third kappa shape index (κ3) is 2.21. The Bertz CT molecular complexity index is 1100. The molecule has 0 radical (unpaired) electrons. The average molecular weight is 432 g/mol. The summed E-state index contributed by atoms with van der Waals surface area (Å²) in [5.74, 6) is -2.16. The average Bonchev–Trinajstić information content (AvgIpc) is 3.45. The molecule has 2 amide bonds. The van der Waals surface area contributed by atoms with Gasteiger partial charge in [0.25, 0.3) is 0 Å². The molecular formula is C19H16N2O6S2. The number of amides is 2. The number of carbonyl (C=O) groups is 3. The number of carbonyl (C=O) groups excluding carboxylic acids is 2. The first-order valence-corrected chi connectivity index (χ1v) is 11.2. The fraction of sp³-hybridized carbons (Fsp3) is 0.474. The summed E-state index contributed by atoms with van der Waals surface area (Å²) < 4.78 is 5.73. The minimum absolute atomic E-state index is 0.00995. The van der Waals surface area contributed by atoms with E-state index >= 15 is 0 Å². The molecule has 8 nitrogen and oxygen atoms in total. The fourth-order valence-electron chi connectivity index (χ4n) is 6.16. The molecule has 7 atom stereocenters. The smallest absolute Gasteiger partial charge is 0.323 e. The molecule has 2 bridgehead atoms. The number of carboxylic acids is 1. The molecule has 0 spiro atoms. The van der Waals surface area contributed by atoms with Crippen molar-refractivity contribution in [3.05, 3.63) is 38.7 Å². The topological polar surface area (TPSA) is 121 Å². The molecule has 0 aromatic carbocycles. The molecule has 0 unspecified atom stereocenters. The number of carboxylic acid groups (broad SMARTS) is 1. The van der Waals surface area contributed by atoms with Crippen LogP contribution in [0, 0.1) is 29.6 Å². The SMILES string of the molecule is O=C(O)CN1C(=O)[C@H]2[C@H]3C[C@@H]([C@@H]2C1=O)[C@@H]1[C@@H](c2ccco2)c2sc(=O)[nH]c2S[C@@H]31. The Balaban J connectivity index is 1.45. The van der Waals surface area contributed by atoms with E-state index in [9.17, 15) is 19.2 Å². The second-order valence-electron chi connectivity index (χ2n) is 8.13. The van der Waals surface area contributed by atoms with Gasteiger partial charge in [-0.2, -0.15) is 0 Å². The fourth-order valence-corrected chi connectivity index (χ4v) is 9.03. The van der Waals surface area contributed by atoms with Gasteiger partial charge in [-0.15, -0.1) is 11.8 Å². The van der Waals surface area contributed by atoms with Crippen LogP contribution in [0.2, 0.25) is 0 Å². The van der Waals surface area contributed by atoms with E-state index in [0.29, 0.717) is 0 Å². The second kappa shape index (κ2) is 5.85. The number of imide groups is 1. The van der Waals surface area contributed by atoms with E-state index in [2.05, 4.69) is 4.98 Å². The van der Waals surface area contributed by atoms with Crippen molar-refractivity contribution in [2.75, 3.05) is 6.54 Å². The number of nitrogens with zero attached hydrogens (tertiary/aromatic N) is 1. The standard InChI is InChI=1S/C19H16N2O6S2/c22-9(23)5-21-17(24)11-6-4-7(12(11)18(21)25)14-10(6)13(8-2-1-3-27-8)15-16(28-14)20-19(26)29-15/h1-3,6-7,10-14H,4-5H2,(H,20,26)(H,22,23)/t6-,7-,10-,11+,12+,13-,14+/m1/s1. The van der Waals surface area contributed by atoms with Gasteiger partial charge in [0.1, 0.15) is 12.3 Å². The zero-order valence-electron chi connectivity index (χ0n) is 14.9. The summed E-state index contributed by atoms with van der Waals surface area (Å²) in [5, 5.41) is 10.0. The van der Waals surface area contributed by atoms with Crippen LogP contribution in [0.15, 0.2) is 32.6 Å². The van der Waals surface area contributed by atoms with Crippen molar-refractivity contribution < 1.29 is 23.9 Å². The highest BCUT2D eigenvalue weighted by Gasteiger charge is 2.69. The number of rotatable bonds is 3. The first-order chi connectivity index (χ1) is 14.0. The van der Waals surface area contributed by atoms with Crippen LogP contribution in [0.25, 0.3) is 0 Å². The Morgan fingerprint density at radius 2 is 2.00 bits per heavy atom. The van der Waals surface area contributed by atoms with E-state index in [-0.39, 0.29) is 45.6 Å². The lowest BCUT2D eigenvalue weighted by Gasteiger charge is -2.42. The lowest BCUT2D eigenvalue weighted by atomic mass is 9.69. The van der Waals surface area contributed by atoms with Crippen molar-refractivity contribution in [2.45, 2.75) is 22.6 Å². The molecule has 3 fully saturated rings. The third-order valence-electron chi connectivity index (χ3n) is 6.96. The number of aliphatic carboxylic acids is 1. The summed E-state index contributed by atoms with van der Waals surface area (Å²) in [6, 6.07) is 3.71. The number of hydrogen-bond acceptors (Lipinski definition) is 7. The number of fused-ring (bicyclic) bond motifs is 9. The molecule has 4 aliphatic rings. The highest BCUT2D eigenvalue weighted by atomic mass is 32.2. The number of H-pyrrole nitrogens is 1. The summed E-state index contributed by atoms with van der Waals surface area (Å²) in [4.78, 5) is 53.8. The van der Waals surface area contributed by atoms with Gasteiger partial charge in [-0.3, -0.25) is 24.1 Å². The Morgan fingerprint density at radius 3 is 2.69 bits per heavy atom. The van der Waals surface area contributed by atoms with Gasteiger partial charge in [0.05, 0.1) is 33.9 Å². The number of likely N-dealkylation sites (tertiary alicyclic amines) is 1. The molecule has 2 saturated carbocycles. The van der Waals surface area contributed by atoms with Crippen LogP contribution in [0.4, 0.5) is 0 Å². The summed E-state index contributed by atoms with van der Waals surface area (Å²) in [7, 11) is 0. The molecule has 2 N–H and O–H groups in total. The number of aromatic nitrogens is 1. The van der Waals surface area contributed by atoms with Crippen molar-refractivity contribution in [2.24, 2.45) is 29.6 Å². The number of thioether (sulfide) groups is 1. The summed E-state index contributed by atoms with van der Waals surface area (Å²) in [5.41, 5.74) is 0. The maximum Gasteiger partial charge on any atom is 0.323 e. The molecule has 150 valence electrons. The van der Waals surface area contributed by atoms with Gasteiger partial charge >= 0.3 is 10.8 Å². The number of nitrogens with one attached hydrogen (secondary N) is 1. The number of hydrogen-bond donors (Lipinski definition) is 2. The minimum Gasteiger partial charge on any atom is -0.480 e. The van der Waals surface area contributed by atoms with E-state index in [1.165, 1.54) is 11.3 Å². The first-order valence-electron chi connectivity index (χ1n) is 9.45. The van der Waals surface area contributed by atoms with Gasteiger partial charge in [-0.25, -0.2) is 0 Å². The minimum atomic E-state index is -1.18. The number of aromatic amines is 1. The summed E-state index contributed by atoms with van der Waals surface area (Å²) in [6.07, 6.45) is 2.38. The molecule has 1 saturated heterocycles. The van der Waals surface area contributed by atoms with Crippen LogP contribution >= 0.6 is 23.1 Å². The zero-order chi connectivity index (χ0) is 20.0. The predicted molar refractivity (Wildman–Crippen MR) is 102 cm³/mol. The molecule has 2 aromatic heterocycles. The van der Waals surface area contributed by atoms with Crippen LogP contribution in [-0.2, 0) is 14.4 Å². The largest absolute Gasteiger partial charge is 0.480 e. The van der Waals surface area contributed by atoms with Gasteiger partial charge in [0.2, 0.25) is 11.8 Å². The monoisotopic (exact) mass is 432 g/mol. The van der Waals surface area contributed by atoms with Crippen LogP contribution in [0.1, 0.15) is 23.0 Å². The Kier molecular flexibility index (Phi) is 3.54. The normalized spacial score (nSPS) is 37.0. The van der Waals surface area contributed by atoms with Crippen molar-refractivity contribution in [1.29, 1.82) is 0 Å². The van der Waals surface area contributed by atoms with Gasteiger partial charge in [0, 0.05) is 5.25 Å². The molecule has 4 heterocycles.